The van der Waals surface area contributed by atoms with Gasteiger partial charge in [-0.15, -0.1) is 0 Å². The van der Waals surface area contributed by atoms with Crippen molar-refractivity contribution < 1.29 is 0 Å². The maximum Gasteiger partial charge on any atom is 0.0728 e. The Kier molecular flexibility index (Phi) is 4.75. The van der Waals surface area contributed by atoms with Gasteiger partial charge in [0.1, 0.15) is 0 Å². The number of nitrogens with zero attached hydrogens (tertiary/aromatic N) is 2. The zero-order valence-electron chi connectivity index (χ0n) is 9.49. The van der Waals surface area contributed by atoms with Gasteiger partial charge in [-0.2, -0.15) is 5.10 Å². The van der Waals surface area contributed by atoms with E-state index >= 15 is 0 Å². The molecule has 4 heteroatoms. The Morgan fingerprint density at radius 1 is 1.47 bits per heavy atom. The fourth-order valence-electron chi connectivity index (χ4n) is 1.57. The Hall–Kier alpha value is -0.900. The number of thiocarbonyl (C=S) groups is 1. The molecule has 1 rings (SSSR count). The van der Waals surface area contributed by atoms with Gasteiger partial charge in [-0.3, -0.25) is 4.68 Å². The highest BCUT2D eigenvalue weighted by Crippen LogP contribution is 2.07. The molecule has 1 aromatic rings. The highest BCUT2D eigenvalue weighted by atomic mass is 32.1. The molecule has 0 aromatic carbocycles. The van der Waals surface area contributed by atoms with Crippen LogP contribution in [0.3, 0.4) is 0 Å². The average molecular weight is 225 g/mol. The van der Waals surface area contributed by atoms with Gasteiger partial charge in [0.15, 0.2) is 0 Å². The monoisotopic (exact) mass is 225 g/mol. The lowest BCUT2D eigenvalue weighted by Crippen LogP contribution is -2.11. The fraction of sp³-hybridized carbons (Fsp3) is 0.636. The van der Waals surface area contributed by atoms with Crippen LogP contribution in [0.2, 0.25) is 0 Å². The van der Waals surface area contributed by atoms with Crippen molar-refractivity contribution in [2.75, 3.05) is 0 Å². The number of rotatable bonds is 6. The summed E-state index contributed by atoms with van der Waals surface area (Å²) in [5.41, 5.74) is 7.93. The van der Waals surface area contributed by atoms with Crippen LogP contribution in [0.25, 0.3) is 0 Å². The third-order valence-corrected chi connectivity index (χ3v) is 2.64. The Labute approximate surface area is 96.7 Å². The van der Waals surface area contributed by atoms with E-state index in [-0.39, 0.29) is 0 Å². The second-order valence-electron chi connectivity index (χ2n) is 3.63. The zero-order valence-corrected chi connectivity index (χ0v) is 10.3. The topological polar surface area (TPSA) is 43.8 Å². The molecule has 0 bridgehead atoms. The van der Waals surface area contributed by atoms with Gasteiger partial charge in [-0.25, -0.2) is 0 Å². The summed E-state index contributed by atoms with van der Waals surface area (Å²) in [5.74, 6) is 0. The van der Waals surface area contributed by atoms with Gasteiger partial charge in [-0.05, 0) is 31.7 Å². The number of hydrogen-bond donors (Lipinski definition) is 1. The SMILES string of the molecule is CCc1cc(CC)n(CCCC(N)=S)n1. The number of nitrogens with two attached hydrogens (primary N) is 1. The predicted molar refractivity (Wildman–Crippen MR) is 67.0 cm³/mol. The second-order valence-corrected chi connectivity index (χ2v) is 4.15. The van der Waals surface area contributed by atoms with E-state index in [2.05, 4.69) is 29.7 Å². The first-order valence-corrected chi connectivity index (χ1v) is 5.92. The molecule has 1 aromatic heterocycles. The highest BCUT2D eigenvalue weighted by Gasteiger charge is 2.04. The molecule has 3 nitrogen and oxygen atoms in total. The third-order valence-electron chi connectivity index (χ3n) is 2.43. The molecule has 0 aliphatic heterocycles. The van der Waals surface area contributed by atoms with Gasteiger partial charge >= 0.3 is 0 Å². The normalized spacial score (nSPS) is 10.5. The minimum atomic E-state index is 0.593. The summed E-state index contributed by atoms with van der Waals surface area (Å²) < 4.78 is 2.08. The van der Waals surface area contributed by atoms with Crippen molar-refractivity contribution in [2.45, 2.75) is 46.1 Å². The van der Waals surface area contributed by atoms with E-state index in [1.165, 1.54) is 11.4 Å². The molecule has 0 spiro atoms. The van der Waals surface area contributed by atoms with Crippen LogP contribution in [0.5, 0.6) is 0 Å². The van der Waals surface area contributed by atoms with Crippen LogP contribution in [0.4, 0.5) is 0 Å². The number of aryl methyl sites for hydroxylation is 3. The standard InChI is InChI=1S/C11H19N3S/c1-3-9-8-10(4-2)14(13-9)7-5-6-11(12)15/h8H,3-7H2,1-2H3,(H2,12,15). The molecule has 0 fully saturated rings. The second kappa shape index (κ2) is 5.85. The Bertz CT molecular complexity index is 331. The molecule has 0 atom stereocenters. The van der Waals surface area contributed by atoms with E-state index in [4.69, 9.17) is 18.0 Å². The summed E-state index contributed by atoms with van der Waals surface area (Å²) in [5, 5.41) is 4.53. The molecule has 0 unspecified atom stereocenters. The van der Waals surface area contributed by atoms with Gasteiger partial charge in [-0.1, -0.05) is 26.1 Å². The molecule has 1 heterocycles. The molecule has 0 aliphatic carbocycles. The van der Waals surface area contributed by atoms with Gasteiger partial charge in [0, 0.05) is 12.2 Å². The maximum absolute atomic E-state index is 5.46. The van der Waals surface area contributed by atoms with E-state index in [0.29, 0.717) is 4.99 Å². The van der Waals surface area contributed by atoms with Crippen molar-refractivity contribution in [3.63, 3.8) is 0 Å². The summed E-state index contributed by atoms with van der Waals surface area (Å²) in [6.45, 7) is 5.20. The molecular formula is C11H19N3S. The Morgan fingerprint density at radius 2 is 2.20 bits per heavy atom. The molecule has 0 radical (unpaired) electrons. The first-order chi connectivity index (χ1) is 7.17. The molecule has 0 saturated carbocycles. The summed E-state index contributed by atoms with van der Waals surface area (Å²) in [4.78, 5) is 0.593. The Morgan fingerprint density at radius 3 is 2.73 bits per heavy atom. The van der Waals surface area contributed by atoms with Crippen LogP contribution in [0.1, 0.15) is 38.1 Å². The van der Waals surface area contributed by atoms with Crippen molar-refractivity contribution in [1.82, 2.24) is 9.78 Å². The van der Waals surface area contributed by atoms with Gasteiger partial charge in [0.25, 0.3) is 0 Å². The average Bonchev–Trinajstić information content (AvgIpc) is 2.60. The van der Waals surface area contributed by atoms with Gasteiger partial charge in [0.2, 0.25) is 0 Å². The van der Waals surface area contributed by atoms with Crippen LogP contribution in [0.15, 0.2) is 6.07 Å². The minimum absolute atomic E-state index is 0.593. The van der Waals surface area contributed by atoms with Crippen molar-refractivity contribution in [1.29, 1.82) is 0 Å². The number of aromatic nitrogens is 2. The van der Waals surface area contributed by atoms with E-state index < -0.39 is 0 Å². The molecular weight excluding hydrogens is 206 g/mol. The molecule has 0 saturated heterocycles. The summed E-state index contributed by atoms with van der Waals surface area (Å²) >= 11 is 4.85. The fourth-order valence-corrected chi connectivity index (χ4v) is 1.71. The van der Waals surface area contributed by atoms with Crippen molar-refractivity contribution >= 4 is 17.2 Å². The lowest BCUT2D eigenvalue weighted by Gasteiger charge is -2.04. The van der Waals surface area contributed by atoms with Crippen LogP contribution in [-0.2, 0) is 19.4 Å². The Balaban J connectivity index is 2.58. The number of hydrogen-bond acceptors (Lipinski definition) is 2. The summed E-state index contributed by atoms with van der Waals surface area (Å²) in [6.07, 6.45) is 3.81. The van der Waals surface area contributed by atoms with Crippen molar-refractivity contribution in [3.05, 3.63) is 17.5 Å². The van der Waals surface area contributed by atoms with Crippen molar-refractivity contribution in [3.8, 4) is 0 Å². The lowest BCUT2D eigenvalue weighted by molar-refractivity contribution is 0.561. The molecule has 84 valence electrons. The van der Waals surface area contributed by atoms with E-state index in [1.807, 2.05) is 0 Å². The van der Waals surface area contributed by atoms with Gasteiger partial charge < -0.3 is 5.73 Å². The maximum atomic E-state index is 5.46. The van der Waals surface area contributed by atoms with E-state index in [9.17, 15) is 0 Å². The zero-order chi connectivity index (χ0) is 11.3. The smallest absolute Gasteiger partial charge is 0.0728 e. The van der Waals surface area contributed by atoms with Crippen LogP contribution in [0, 0.1) is 0 Å². The molecule has 0 aliphatic rings. The largest absolute Gasteiger partial charge is 0.393 e. The van der Waals surface area contributed by atoms with E-state index in [0.717, 1.165) is 32.2 Å². The molecule has 0 amide bonds. The third kappa shape index (κ3) is 3.63. The van der Waals surface area contributed by atoms with Crippen LogP contribution < -0.4 is 5.73 Å². The predicted octanol–water partition coefficient (Wildman–Crippen LogP) is 2.07. The van der Waals surface area contributed by atoms with E-state index in [1.54, 1.807) is 0 Å². The summed E-state index contributed by atoms with van der Waals surface area (Å²) in [6, 6.07) is 2.18. The summed E-state index contributed by atoms with van der Waals surface area (Å²) in [7, 11) is 0. The van der Waals surface area contributed by atoms with Crippen LogP contribution in [-0.4, -0.2) is 14.8 Å². The quantitative estimate of drug-likeness (QED) is 0.754. The molecule has 15 heavy (non-hydrogen) atoms. The van der Waals surface area contributed by atoms with Gasteiger partial charge in [0.05, 0.1) is 10.7 Å². The van der Waals surface area contributed by atoms with Crippen molar-refractivity contribution in [2.24, 2.45) is 5.73 Å². The first kappa shape index (κ1) is 12.2. The minimum Gasteiger partial charge on any atom is -0.393 e. The van der Waals surface area contributed by atoms with Crippen LogP contribution >= 0.6 is 12.2 Å². The highest BCUT2D eigenvalue weighted by molar-refractivity contribution is 7.80. The first-order valence-electron chi connectivity index (χ1n) is 5.51. The lowest BCUT2D eigenvalue weighted by atomic mass is 10.2. The molecule has 2 N–H and O–H groups in total.